The third kappa shape index (κ3) is 2.85. The highest BCUT2D eigenvalue weighted by Gasteiger charge is 2.31. The zero-order valence-corrected chi connectivity index (χ0v) is 13.6. The van der Waals surface area contributed by atoms with Crippen molar-refractivity contribution in [2.24, 2.45) is 0 Å². The average molecular weight is 326 g/mol. The average Bonchev–Trinajstić information content (AvgIpc) is 2.94. The lowest BCUT2D eigenvalue weighted by atomic mass is 9.97. The maximum atomic E-state index is 12.3. The third-order valence-electron chi connectivity index (χ3n) is 3.78. The summed E-state index contributed by atoms with van der Waals surface area (Å²) < 4.78 is 15.9. The van der Waals surface area contributed by atoms with E-state index in [4.69, 9.17) is 13.9 Å². The molecule has 0 amide bonds. The number of hydrogen-bond donors (Lipinski definition) is 0. The van der Waals surface area contributed by atoms with E-state index in [9.17, 15) is 9.59 Å². The van der Waals surface area contributed by atoms with Gasteiger partial charge in [-0.2, -0.15) is 0 Å². The second-order valence-electron chi connectivity index (χ2n) is 5.29. The molecule has 0 aliphatic carbocycles. The molecule has 0 fully saturated rings. The number of rotatable bonds is 5. The SMILES string of the molecule is CCOC(=O)C(C(=O)OCC)c1ccc2oc3ccccc3c2c1. The molecule has 0 aliphatic rings. The van der Waals surface area contributed by atoms with E-state index in [0.29, 0.717) is 11.1 Å². The molecule has 0 spiro atoms. The molecule has 1 aromatic heterocycles. The van der Waals surface area contributed by atoms with Crippen LogP contribution in [0.4, 0.5) is 0 Å². The van der Waals surface area contributed by atoms with Crippen LogP contribution >= 0.6 is 0 Å². The second-order valence-corrected chi connectivity index (χ2v) is 5.29. The van der Waals surface area contributed by atoms with Crippen molar-refractivity contribution < 1.29 is 23.5 Å². The van der Waals surface area contributed by atoms with Crippen molar-refractivity contribution in [2.45, 2.75) is 19.8 Å². The number of para-hydroxylation sites is 1. The molecule has 0 saturated heterocycles. The lowest BCUT2D eigenvalue weighted by Gasteiger charge is -2.14. The summed E-state index contributed by atoms with van der Waals surface area (Å²) in [5, 5.41) is 1.78. The highest BCUT2D eigenvalue weighted by molar-refractivity contribution is 6.07. The number of esters is 2. The molecule has 0 aliphatic heterocycles. The fourth-order valence-electron chi connectivity index (χ4n) is 2.74. The number of hydrogen-bond acceptors (Lipinski definition) is 5. The van der Waals surface area contributed by atoms with E-state index in [1.165, 1.54) is 0 Å². The maximum Gasteiger partial charge on any atom is 0.324 e. The molecule has 0 bridgehead atoms. The minimum atomic E-state index is -1.09. The molecule has 0 N–H and O–H groups in total. The molecule has 0 radical (unpaired) electrons. The molecular formula is C19H18O5. The Hall–Kier alpha value is -2.82. The molecule has 0 atom stereocenters. The van der Waals surface area contributed by atoms with Crippen LogP contribution in [0.25, 0.3) is 21.9 Å². The van der Waals surface area contributed by atoms with Gasteiger partial charge >= 0.3 is 11.9 Å². The first-order chi connectivity index (χ1) is 11.7. The van der Waals surface area contributed by atoms with E-state index >= 15 is 0 Å². The first-order valence-electron chi connectivity index (χ1n) is 7.90. The molecule has 0 unspecified atom stereocenters. The van der Waals surface area contributed by atoms with E-state index in [2.05, 4.69) is 0 Å². The van der Waals surface area contributed by atoms with Gasteiger partial charge in [-0.05, 0) is 37.6 Å². The van der Waals surface area contributed by atoms with Crippen molar-refractivity contribution in [3.05, 3.63) is 48.0 Å². The summed E-state index contributed by atoms with van der Waals surface area (Å²) >= 11 is 0. The predicted octanol–water partition coefficient (Wildman–Crippen LogP) is 3.80. The first-order valence-corrected chi connectivity index (χ1v) is 7.90. The van der Waals surface area contributed by atoms with Crippen LogP contribution in [-0.4, -0.2) is 25.2 Å². The summed E-state index contributed by atoms with van der Waals surface area (Å²) in [4.78, 5) is 24.5. The third-order valence-corrected chi connectivity index (χ3v) is 3.78. The number of fused-ring (bicyclic) bond motifs is 3. The monoisotopic (exact) mass is 326 g/mol. The molecular weight excluding hydrogens is 308 g/mol. The molecule has 2 aromatic carbocycles. The van der Waals surface area contributed by atoms with Crippen molar-refractivity contribution in [1.82, 2.24) is 0 Å². The van der Waals surface area contributed by atoms with Crippen molar-refractivity contribution in [3.8, 4) is 0 Å². The van der Waals surface area contributed by atoms with Gasteiger partial charge in [0.25, 0.3) is 0 Å². The Morgan fingerprint density at radius 3 is 2.21 bits per heavy atom. The highest BCUT2D eigenvalue weighted by Crippen LogP contribution is 2.31. The lowest BCUT2D eigenvalue weighted by Crippen LogP contribution is -2.26. The molecule has 0 saturated carbocycles. The molecule has 1 heterocycles. The summed E-state index contributed by atoms with van der Waals surface area (Å²) in [5.41, 5.74) is 1.99. The Morgan fingerprint density at radius 1 is 0.917 bits per heavy atom. The van der Waals surface area contributed by atoms with E-state index in [1.807, 2.05) is 24.3 Å². The lowest BCUT2D eigenvalue weighted by molar-refractivity contribution is -0.156. The summed E-state index contributed by atoms with van der Waals surface area (Å²) in [6.45, 7) is 3.80. The van der Waals surface area contributed by atoms with Gasteiger partial charge in [-0.15, -0.1) is 0 Å². The van der Waals surface area contributed by atoms with Gasteiger partial charge in [0, 0.05) is 10.8 Å². The first kappa shape index (κ1) is 16.1. The summed E-state index contributed by atoms with van der Waals surface area (Å²) in [5.74, 6) is -2.31. The molecule has 5 nitrogen and oxygen atoms in total. The van der Waals surface area contributed by atoms with E-state index in [1.54, 1.807) is 32.0 Å². The number of benzene rings is 2. The Kier molecular flexibility index (Phi) is 4.51. The van der Waals surface area contributed by atoms with Crippen molar-refractivity contribution in [1.29, 1.82) is 0 Å². The quantitative estimate of drug-likeness (QED) is 0.527. The highest BCUT2D eigenvalue weighted by atomic mass is 16.6. The van der Waals surface area contributed by atoms with Crippen molar-refractivity contribution >= 4 is 33.9 Å². The Labute approximate surface area is 139 Å². The van der Waals surface area contributed by atoms with Crippen LogP contribution in [0.3, 0.4) is 0 Å². The zero-order valence-electron chi connectivity index (χ0n) is 13.6. The van der Waals surface area contributed by atoms with E-state index in [0.717, 1.165) is 16.4 Å². The van der Waals surface area contributed by atoms with Crippen molar-refractivity contribution in [2.75, 3.05) is 13.2 Å². The van der Waals surface area contributed by atoms with Gasteiger partial charge in [0.2, 0.25) is 0 Å². The van der Waals surface area contributed by atoms with E-state index < -0.39 is 17.9 Å². The molecule has 5 heteroatoms. The summed E-state index contributed by atoms with van der Waals surface area (Å²) in [6, 6.07) is 12.9. The predicted molar refractivity (Wildman–Crippen MR) is 89.7 cm³/mol. The Morgan fingerprint density at radius 2 is 1.54 bits per heavy atom. The van der Waals surface area contributed by atoms with Gasteiger partial charge in [-0.1, -0.05) is 24.3 Å². The molecule has 24 heavy (non-hydrogen) atoms. The fraction of sp³-hybridized carbons (Fsp3) is 0.263. The van der Waals surface area contributed by atoms with Gasteiger partial charge in [0.05, 0.1) is 13.2 Å². The Bertz CT molecular complexity index is 875. The van der Waals surface area contributed by atoms with E-state index in [-0.39, 0.29) is 13.2 Å². The summed E-state index contributed by atoms with van der Waals surface area (Å²) in [7, 11) is 0. The van der Waals surface area contributed by atoms with Gasteiger partial charge in [0.15, 0.2) is 5.92 Å². The van der Waals surface area contributed by atoms with Gasteiger partial charge in [0.1, 0.15) is 11.2 Å². The number of furan rings is 1. The fourth-order valence-corrected chi connectivity index (χ4v) is 2.74. The standard InChI is InChI=1S/C19H18O5/c1-3-22-18(20)17(19(21)23-4-2)12-9-10-16-14(11-12)13-7-5-6-8-15(13)24-16/h5-11,17H,3-4H2,1-2H3. The molecule has 3 aromatic rings. The van der Waals surface area contributed by atoms with Crippen LogP contribution in [0.2, 0.25) is 0 Å². The van der Waals surface area contributed by atoms with Crippen LogP contribution in [0, 0.1) is 0 Å². The van der Waals surface area contributed by atoms with Gasteiger partial charge in [-0.3, -0.25) is 9.59 Å². The second kappa shape index (κ2) is 6.74. The van der Waals surface area contributed by atoms with Crippen molar-refractivity contribution in [3.63, 3.8) is 0 Å². The smallest absolute Gasteiger partial charge is 0.324 e. The Balaban J connectivity index is 2.11. The molecule has 3 rings (SSSR count). The zero-order chi connectivity index (χ0) is 17.1. The van der Waals surface area contributed by atoms with Crippen LogP contribution in [-0.2, 0) is 19.1 Å². The minimum absolute atomic E-state index is 0.200. The van der Waals surface area contributed by atoms with Crippen LogP contribution in [0.15, 0.2) is 46.9 Å². The largest absolute Gasteiger partial charge is 0.465 e. The topological polar surface area (TPSA) is 65.7 Å². The van der Waals surface area contributed by atoms with Crippen LogP contribution in [0.5, 0.6) is 0 Å². The van der Waals surface area contributed by atoms with Gasteiger partial charge in [-0.25, -0.2) is 0 Å². The van der Waals surface area contributed by atoms with Crippen LogP contribution in [0.1, 0.15) is 25.3 Å². The summed E-state index contributed by atoms with van der Waals surface area (Å²) in [6.07, 6.45) is 0. The number of ether oxygens (including phenoxy) is 2. The minimum Gasteiger partial charge on any atom is -0.465 e. The number of carbonyl (C=O) groups excluding carboxylic acids is 2. The van der Waals surface area contributed by atoms with Crippen LogP contribution < -0.4 is 0 Å². The number of carbonyl (C=O) groups is 2. The normalized spacial score (nSPS) is 11.1. The maximum absolute atomic E-state index is 12.3. The molecule has 124 valence electrons. The van der Waals surface area contributed by atoms with Gasteiger partial charge < -0.3 is 13.9 Å².